The summed E-state index contributed by atoms with van der Waals surface area (Å²) in [5.74, 6) is -2.27. The number of alkyl halides is 2. The molecular formula is C11H21F2O5P. The lowest BCUT2D eigenvalue weighted by Crippen LogP contribution is -2.30. The molecule has 0 saturated heterocycles. The van der Waals surface area contributed by atoms with E-state index in [1.54, 1.807) is 6.92 Å². The summed E-state index contributed by atoms with van der Waals surface area (Å²) in [5.41, 5.74) is -3.74. The second-order valence-corrected chi connectivity index (χ2v) is 5.94. The average Bonchev–Trinajstić information content (AvgIpc) is 2.29. The van der Waals surface area contributed by atoms with E-state index in [1.165, 1.54) is 13.8 Å². The van der Waals surface area contributed by atoms with Gasteiger partial charge in [-0.2, -0.15) is 8.78 Å². The van der Waals surface area contributed by atoms with Crippen molar-refractivity contribution in [3.8, 4) is 0 Å². The van der Waals surface area contributed by atoms with Crippen LogP contribution in [0.1, 0.15) is 34.1 Å². The monoisotopic (exact) mass is 302 g/mol. The van der Waals surface area contributed by atoms with Gasteiger partial charge in [0.25, 0.3) is 0 Å². The van der Waals surface area contributed by atoms with Crippen molar-refractivity contribution in [3.63, 3.8) is 0 Å². The Morgan fingerprint density at radius 2 is 1.63 bits per heavy atom. The Morgan fingerprint density at radius 1 is 1.16 bits per heavy atom. The SMILES string of the molecule is CCOC(=O)CC(C)C(F)(F)P(=O)(OCC)OCC. The fraction of sp³-hybridized carbons (Fsp3) is 0.909. The Balaban J connectivity index is 4.97. The minimum atomic E-state index is -4.59. The standard InChI is InChI=1S/C11H21F2O5P/c1-5-16-10(14)8-9(4)11(12,13)19(15,17-6-2)18-7-3/h9H,5-8H2,1-4H3. The van der Waals surface area contributed by atoms with Gasteiger partial charge in [0.1, 0.15) is 0 Å². The Bertz CT molecular complexity index is 325. The van der Waals surface area contributed by atoms with Crippen LogP contribution in [0, 0.1) is 5.92 Å². The van der Waals surface area contributed by atoms with Gasteiger partial charge in [-0.25, -0.2) is 0 Å². The smallest absolute Gasteiger partial charge is 0.399 e. The molecule has 114 valence electrons. The molecule has 0 radical (unpaired) electrons. The van der Waals surface area contributed by atoms with Gasteiger partial charge in [-0.15, -0.1) is 0 Å². The maximum Gasteiger partial charge on any atom is 0.399 e. The number of ether oxygens (including phenoxy) is 1. The third kappa shape index (κ3) is 4.82. The van der Waals surface area contributed by atoms with Crippen LogP contribution < -0.4 is 0 Å². The van der Waals surface area contributed by atoms with E-state index >= 15 is 0 Å². The second kappa shape index (κ2) is 7.92. The average molecular weight is 302 g/mol. The van der Waals surface area contributed by atoms with Gasteiger partial charge in [0.2, 0.25) is 0 Å². The lowest BCUT2D eigenvalue weighted by atomic mass is 10.1. The fourth-order valence-electron chi connectivity index (χ4n) is 1.41. The van der Waals surface area contributed by atoms with E-state index < -0.39 is 31.6 Å². The molecule has 0 bridgehead atoms. The first-order valence-corrected chi connectivity index (χ1v) is 7.72. The molecule has 0 aromatic rings. The van der Waals surface area contributed by atoms with E-state index in [2.05, 4.69) is 13.8 Å². The van der Waals surface area contributed by atoms with Crippen LogP contribution in [0.2, 0.25) is 0 Å². The normalized spacial score (nSPS) is 14.2. The van der Waals surface area contributed by atoms with E-state index in [9.17, 15) is 18.1 Å². The number of hydrogen-bond acceptors (Lipinski definition) is 5. The van der Waals surface area contributed by atoms with Crippen molar-refractivity contribution in [2.24, 2.45) is 5.92 Å². The molecule has 19 heavy (non-hydrogen) atoms. The first-order valence-electron chi connectivity index (χ1n) is 6.17. The summed E-state index contributed by atoms with van der Waals surface area (Å²) < 4.78 is 54.2. The molecule has 0 N–H and O–H groups in total. The van der Waals surface area contributed by atoms with Gasteiger partial charge in [-0.3, -0.25) is 9.36 Å². The van der Waals surface area contributed by atoms with Gasteiger partial charge in [-0.05, 0) is 20.8 Å². The van der Waals surface area contributed by atoms with Gasteiger partial charge >= 0.3 is 19.2 Å². The predicted octanol–water partition coefficient (Wildman–Crippen LogP) is 3.43. The first kappa shape index (κ1) is 18.5. The van der Waals surface area contributed by atoms with Crippen LogP contribution in [0.15, 0.2) is 0 Å². The van der Waals surface area contributed by atoms with Crippen molar-refractivity contribution in [1.29, 1.82) is 0 Å². The molecule has 0 saturated carbocycles. The molecule has 0 fully saturated rings. The summed E-state index contributed by atoms with van der Waals surface area (Å²) in [6.45, 7) is 5.34. The summed E-state index contributed by atoms with van der Waals surface area (Å²) >= 11 is 0. The van der Waals surface area contributed by atoms with E-state index in [4.69, 9.17) is 0 Å². The second-order valence-electron chi connectivity index (χ2n) is 3.83. The Labute approximate surface area is 112 Å². The topological polar surface area (TPSA) is 61.8 Å². The van der Waals surface area contributed by atoms with Crippen molar-refractivity contribution < 1.29 is 31.9 Å². The Kier molecular flexibility index (Phi) is 7.71. The molecular weight excluding hydrogens is 281 g/mol. The Morgan fingerprint density at radius 3 is 2.00 bits per heavy atom. The highest BCUT2D eigenvalue weighted by Gasteiger charge is 2.57. The first-order chi connectivity index (χ1) is 8.75. The number of esters is 1. The molecule has 5 nitrogen and oxygen atoms in total. The number of carbonyl (C=O) groups excluding carboxylic acids is 1. The minimum absolute atomic E-state index is 0.103. The van der Waals surface area contributed by atoms with E-state index in [1.807, 2.05) is 0 Å². The quantitative estimate of drug-likeness (QED) is 0.482. The number of hydrogen-bond donors (Lipinski definition) is 0. The van der Waals surface area contributed by atoms with Gasteiger partial charge in [0.15, 0.2) is 0 Å². The molecule has 0 aromatic carbocycles. The molecule has 0 aromatic heterocycles. The molecule has 8 heteroatoms. The van der Waals surface area contributed by atoms with Crippen LogP contribution in [0.5, 0.6) is 0 Å². The highest BCUT2D eigenvalue weighted by atomic mass is 31.2. The highest BCUT2D eigenvalue weighted by molar-refractivity contribution is 7.55. The Hall–Kier alpha value is -0.520. The predicted molar refractivity (Wildman–Crippen MR) is 66.2 cm³/mol. The van der Waals surface area contributed by atoms with Gasteiger partial charge < -0.3 is 13.8 Å². The lowest BCUT2D eigenvalue weighted by Gasteiger charge is -2.29. The van der Waals surface area contributed by atoms with Crippen molar-refractivity contribution in [3.05, 3.63) is 0 Å². The molecule has 0 spiro atoms. The van der Waals surface area contributed by atoms with E-state index in [-0.39, 0.29) is 19.8 Å². The van der Waals surface area contributed by atoms with Crippen molar-refractivity contribution in [2.75, 3.05) is 19.8 Å². The number of rotatable bonds is 9. The van der Waals surface area contributed by atoms with Gasteiger partial charge in [0.05, 0.1) is 26.2 Å². The van der Waals surface area contributed by atoms with Crippen molar-refractivity contribution in [1.82, 2.24) is 0 Å². The molecule has 0 heterocycles. The van der Waals surface area contributed by atoms with Crippen molar-refractivity contribution in [2.45, 2.75) is 39.8 Å². The fourth-order valence-corrected chi connectivity index (χ4v) is 3.14. The molecule has 0 aliphatic carbocycles. The lowest BCUT2D eigenvalue weighted by molar-refractivity contribution is -0.146. The van der Waals surface area contributed by atoms with Crippen LogP contribution >= 0.6 is 7.60 Å². The molecule has 0 rings (SSSR count). The van der Waals surface area contributed by atoms with Crippen LogP contribution in [0.3, 0.4) is 0 Å². The maximum atomic E-state index is 14.1. The van der Waals surface area contributed by atoms with Crippen molar-refractivity contribution >= 4 is 13.6 Å². The highest BCUT2D eigenvalue weighted by Crippen LogP contribution is 2.65. The maximum absolute atomic E-state index is 14.1. The van der Waals surface area contributed by atoms with Crippen LogP contribution in [0.25, 0.3) is 0 Å². The summed E-state index contributed by atoms with van der Waals surface area (Å²) in [6, 6.07) is 0. The number of halogens is 2. The molecule has 1 atom stereocenters. The molecule has 0 aliphatic rings. The van der Waals surface area contributed by atoms with Gasteiger partial charge in [-0.1, -0.05) is 6.92 Å². The zero-order valence-corrected chi connectivity index (χ0v) is 12.5. The van der Waals surface area contributed by atoms with Crippen LogP contribution in [0.4, 0.5) is 8.78 Å². The summed E-state index contributed by atoms with van der Waals surface area (Å²) in [5, 5.41) is 0. The molecule has 0 amide bonds. The third-order valence-corrected chi connectivity index (χ3v) is 4.70. The van der Waals surface area contributed by atoms with Gasteiger partial charge in [0, 0.05) is 5.92 Å². The summed E-state index contributed by atoms with van der Waals surface area (Å²) in [4.78, 5) is 11.2. The molecule has 1 unspecified atom stereocenters. The van der Waals surface area contributed by atoms with E-state index in [0.717, 1.165) is 6.92 Å². The summed E-state index contributed by atoms with van der Waals surface area (Å²) in [7, 11) is -4.59. The summed E-state index contributed by atoms with van der Waals surface area (Å²) in [6.07, 6.45) is -0.551. The zero-order chi connectivity index (χ0) is 15.1. The van der Waals surface area contributed by atoms with Crippen LogP contribution in [-0.2, 0) is 23.1 Å². The molecule has 0 aliphatic heterocycles. The van der Waals surface area contributed by atoms with E-state index in [0.29, 0.717) is 0 Å². The third-order valence-electron chi connectivity index (χ3n) is 2.33. The number of carbonyl (C=O) groups is 1. The zero-order valence-electron chi connectivity index (χ0n) is 11.7. The van der Waals surface area contributed by atoms with Crippen LogP contribution in [-0.4, -0.2) is 31.5 Å². The largest absolute Gasteiger partial charge is 0.466 e. The minimum Gasteiger partial charge on any atom is -0.466 e.